The maximum Gasteiger partial charge on any atom is 0.416 e. The summed E-state index contributed by atoms with van der Waals surface area (Å²) in [7, 11) is 0. The number of guanidine groups is 1. The molecule has 1 unspecified atom stereocenters. The molecule has 90 valence electrons. The summed E-state index contributed by atoms with van der Waals surface area (Å²) in [5, 5.41) is 2.17. The highest BCUT2D eigenvalue weighted by Gasteiger charge is 2.38. The second-order valence-electron chi connectivity index (χ2n) is 3.49. The lowest BCUT2D eigenvalue weighted by atomic mass is 10.0. The van der Waals surface area contributed by atoms with Crippen molar-refractivity contribution in [3.05, 3.63) is 35.4 Å². The van der Waals surface area contributed by atoms with Gasteiger partial charge in [-0.2, -0.15) is 13.2 Å². The molecule has 0 radical (unpaired) electrons. The van der Waals surface area contributed by atoms with Gasteiger partial charge in [-0.05, 0) is 11.6 Å². The van der Waals surface area contributed by atoms with Crippen LogP contribution in [0.3, 0.4) is 0 Å². The Balaban J connectivity index is 2.50. The summed E-state index contributed by atoms with van der Waals surface area (Å²) >= 11 is 0. The van der Waals surface area contributed by atoms with Gasteiger partial charge in [-0.15, -0.1) is 0 Å². The number of amides is 1. The molecule has 1 aromatic carbocycles. The van der Waals surface area contributed by atoms with Crippen molar-refractivity contribution < 1.29 is 18.0 Å². The van der Waals surface area contributed by atoms with E-state index in [1.54, 1.807) is 0 Å². The number of nitrogens with two attached hydrogens (primary N) is 1. The first-order valence-electron chi connectivity index (χ1n) is 4.70. The SMILES string of the molecule is NC1=NC(c2ccccc2C(F)(F)F)C(=O)N1. The average molecular weight is 243 g/mol. The van der Waals surface area contributed by atoms with E-state index in [4.69, 9.17) is 5.73 Å². The normalized spacial score (nSPS) is 20.1. The van der Waals surface area contributed by atoms with E-state index in [1.807, 2.05) is 0 Å². The Morgan fingerprint density at radius 1 is 1.29 bits per heavy atom. The van der Waals surface area contributed by atoms with Gasteiger partial charge in [0.2, 0.25) is 0 Å². The van der Waals surface area contributed by atoms with E-state index in [0.29, 0.717) is 0 Å². The number of rotatable bonds is 1. The molecule has 1 aromatic rings. The molecule has 0 aliphatic carbocycles. The van der Waals surface area contributed by atoms with Gasteiger partial charge in [0.15, 0.2) is 12.0 Å². The minimum absolute atomic E-state index is 0.169. The Kier molecular flexibility index (Phi) is 2.53. The van der Waals surface area contributed by atoms with Crippen LogP contribution >= 0.6 is 0 Å². The summed E-state index contributed by atoms with van der Waals surface area (Å²) in [6.45, 7) is 0. The first-order valence-corrected chi connectivity index (χ1v) is 4.70. The fourth-order valence-corrected chi connectivity index (χ4v) is 1.63. The molecule has 1 amide bonds. The largest absolute Gasteiger partial charge is 0.416 e. The molecular weight excluding hydrogens is 235 g/mol. The summed E-state index contributed by atoms with van der Waals surface area (Å²) in [5.74, 6) is -0.823. The van der Waals surface area contributed by atoms with Gasteiger partial charge < -0.3 is 5.73 Å². The van der Waals surface area contributed by atoms with Gasteiger partial charge in [-0.1, -0.05) is 18.2 Å². The summed E-state index contributed by atoms with van der Waals surface area (Å²) in [6, 6.07) is 3.57. The Morgan fingerprint density at radius 3 is 2.47 bits per heavy atom. The van der Waals surface area contributed by atoms with Gasteiger partial charge >= 0.3 is 6.18 Å². The summed E-state index contributed by atoms with van der Waals surface area (Å²) in [5.41, 5.74) is 4.18. The fourth-order valence-electron chi connectivity index (χ4n) is 1.63. The Bertz CT molecular complexity index is 496. The monoisotopic (exact) mass is 243 g/mol. The third-order valence-corrected chi connectivity index (χ3v) is 2.33. The molecule has 0 fully saturated rings. The van der Waals surface area contributed by atoms with Crippen LogP contribution in [0.25, 0.3) is 0 Å². The van der Waals surface area contributed by atoms with Crippen molar-refractivity contribution in [1.82, 2.24) is 5.32 Å². The topological polar surface area (TPSA) is 67.5 Å². The number of hydrogen-bond donors (Lipinski definition) is 2. The van der Waals surface area contributed by atoms with E-state index in [2.05, 4.69) is 10.3 Å². The van der Waals surface area contributed by atoms with Crippen LogP contribution in [0.1, 0.15) is 17.2 Å². The van der Waals surface area contributed by atoms with Crippen molar-refractivity contribution in [2.75, 3.05) is 0 Å². The van der Waals surface area contributed by atoms with Crippen molar-refractivity contribution in [1.29, 1.82) is 0 Å². The minimum atomic E-state index is -4.52. The molecule has 0 aromatic heterocycles. The van der Waals surface area contributed by atoms with Gasteiger partial charge in [0, 0.05) is 0 Å². The molecule has 17 heavy (non-hydrogen) atoms. The fraction of sp³-hybridized carbons (Fsp3) is 0.200. The molecule has 2 rings (SSSR count). The number of hydrogen-bond acceptors (Lipinski definition) is 3. The van der Waals surface area contributed by atoms with Crippen LogP contribution < -0.4 is 11.1 Å². The molecule has 1 aliphatic rings. The maximum atomic E-state index is 12.7. The minimum Gasteiger partial charge on any atom is -0.370 e. The predicted molar refractivity (Wildman–Crippen MR) is 54.0 cm³/mol. The van der Waals surface area contributed by atoms with Crippen LogP contribution in [0.5, 0.6) is 0 Å². The van der Waals surface area contributed by atoms with Crippen LogP contribution in [-0.2, 0) is 11.0 Å². The van der Waals surface area contributed by atoms with E-state index < -0.39 is 23.7 Å². The molecular formula is C10H8F3N3O. The number of alkyl halides is 3. The van der Waals surface area contributed by atoms with Gasteiger partial charge in [-0.3, -0.25) is 10.1 Å². The van der Waals surface area contributed by atoms with Crippen molar-refractivity contribution in [2.24, 2.45) is 10.7 Å². The molecule has 4 nitrogen and oxygen atoms in total. The molecule has 7 heteroatoms. The third-order valence-electron chi connectivity index (χ3n) is 2.33. The van der Waals surface area contributed by atoms with Crippen LogP contribution in [0.2, 0.25) is 0 Å². The lowest BCUT2D eigenvalue weighted by Gasteiger charge is -2.14. The first-order chi connectivity index (χ1) is 7.89. The maximum absolute atomic E-state index is 12.7. The standard InChI is InChI=1S/C10H8F3N3O/c11-10(12,13)6-4-2-1-3-5(6)7-8(17)16-9(14)15-7/h1-4,7H,(H3,14,15,16,17). The highest BCUT2D eigenvalue weighted by atomic mass is 19.4. The summed E-state index contributed by atoms with van der Waals surface area (Å²) in [4.78, 5) is 15.0. The number of benzene rings is 1. The lowest BCUT2D eigenvalue weighted by Crippen LogP contribution is -2.31. The van der Waals surface area contributed by atoms with E-state index in [0.717, 1.165) is 6.07 Å². The van der Waals surface area contributed by atoms with Crippen molar-refractivity contribution in [3.63, 3.8) is 0 Å². The molecule has 0 saturated carbocycles. The highest BCUT2D eigenvalue weighted by Crippen LogP contribution is 2.36. The Hall–Kier alpha value is -2.05. The average Bonchev–Trinajstić information content (AvgIpc) is 2.56. The van der Waals surface area contributed by atoms with Gasteiger partial charge in [0.25, 0.3) is 5.91 Å². The Morgan fingerprint density at radius 2 is 1.94 bits per heavy atom. The number of nitrogens with one attached hydrogen (secondary N) is 1. The molecule has 1 atom stereocenters. The molecule has 0 bridgehead atoms. The zero-order valence-corrected chi connectivity index (χ0v) is 8.45. The Labute approximate surface area is 94.3 Å². The summed E-state index contributed by atoms with van der Waals surface area (Å²) in [6.07, 6.45) is -4.52. The quantitative estimate of drug-likeness (QED) is 0.778. The van der Waals surface area contributed by atoms with E-state index in [1.165, 1.54) is 18.2 Å². The zero-order valence-electron chi connectivity index (χ0n) is 8.45. The molecule has 0 saturated heterocycles. The number of carbonyl (C=O) groups excluding carboxylic acids is 1. The first kappa shape index (κ1) is 11.4. The number of halogens is 3. The van der Waals surface area contributed by atoms with Crippen molar-refractivity contribution in [2.45, 2.75) is 12.2 Å². The van der Waals surface area contributed by atoms with E-state index >= 15 is 0 Å². The second-order valence-corrected chi connectivity index (χ2v) is 3.49. The van der Waals surface area contributed by atoms with Crippen LogP contribution in [-0.4, -0.2) is 11.9 Å². The van der Waals surface area contributed by atoms with Crippen LogP contribution in [0, 0.1) is 0 Å². The smallest absolute Gasteiger partial charge is 0.370 e. The highest BCUT2D eigenvalue weighted by molar-refractivity contribution is 6.04. The summed E-state index contributed by atoms with van der Waals surface area (Å²) < 4.78 is 38.1. The third kappa shape index (κ3) is 2.08. The van der Waals surface area contributed by atoms with Gasteiger partial charge in [-0.25, -0.2) is 4.99 Å². The van der Waals surface area contributed by atoms with E-state index in [-0.39, 0.29) is 11.5 Å². The van der Waals surface area contributed by atoms with Crippen LogP contribution in [0.4, 0.5) is 13.2 Å². The molecule has 1 heterocycles. The van der Waals surface area contributed by atoms with Crippen molar-refractivity contribution in [3.8, 4) is 0 Å². The lowest BCUT2D eigenvalue weighted by molar-refractivity contribution is -0.138. The molecule has 3 N–H and O–H groups in total. The number of nitrogens with zero attached hydrogens (tertiary/aromatic N) is 1. The predicted octanol–water partition coefficient (Wildman–Crippen LogP) is 1.19. The number of aliphatic imine (C=N–C) groups is 1. The molecule has 0 spiro atoms. The van der Waals surface area contributed by atoms with Crippen molar-refractivity contribution >= 4 is 11.9 Å². The molecule has 1 aliphatic heterocycles. The number of carbonyl (C=O) groups is 1. The second kappa shape index (κ2) is 3.76. The van der Waals surface area contributed by atoms with Gasteiger partial charge in [0.05, 0.1) is 5.56 Å². The van der Waals surface area contributed by atoms with Crippen LogP contribution in [0.15, 0.2) is 29.3 Å². The zero-order chi connectivity index (χ0) is 12.6. The van der Waals surface area contributed by atoms with E-state index in [9.17, 15) is 18.0 Å². The van der Waals surface area contributed by atoms with Gasteiger partial charge in [0.1, 0.15) is 0 Å².